The lowest BCUT2D eigenvalue weighted by Gasteiger charge is -2.28. The highest BCUT2D eigenvalue weighted by Gasteiger charge is 2.25. The molecular formula is C15H21FOSi. The van der Waals surface area contributed by atoms with Gasteiger partial charge in [0.1, 0.15) is 11.4 Å². The molecule has 0 fully saturated rings. The van der Waals surface area contributed by atoms with Crippen molar-refractivity contribution in [2.45, 2.75) is 46.0 Å². The number of rotatable bonds is 2. The first-order chi connectivity index (χ1) is 8.09. The minimum Gasteiger partial charge on any atom is -0.402 e. The molecule has 0 N–H and O–H groups in total. The van der Waals surface area contributed by atoms with E-state index in [1.54, 1.807) is 19.1 Å². The van der Waals surface area contributed by atoms with Crippen molar-refractivity contribution in [2.24, 2.45) is 0 Å². The maximum absolute atomic E-state index is 13.1. The monoisotopic (exact) mass is 264 g/mol. The normalized spacial score (nSPS) is 11.9. The largest absolute Gasteiger partial charge is 0.402 e. The van der Waals surface area contributed by atoms with E-state index in [1.165, 1.54) is 6.07 Å². The zero-order chi connectivity index (χ0) is 14.0. The van der Waals surface area contributed by atoms with Crippen LogP contribution in [0.5, 0.6) is 0 Å². The lowest BCUT2D eigenvalue weighted by Crippen LogP contribution is -2.37. The molecule has 0 saturated heterocycles. The van der Waals surface area contributed by atoms with Gasteiger partial charge in [0.05, 0.1) is 0 Å². The number of benzene rings is 1. The number of hydrogen-bond donors (Lipinski definition) is 0. The SMILES string of the molecule is Cc1cc(C#CC(C)(C)O[Si](C)(C)C)ccc1F. The van der Waals surface area contributed by atoms with E-state index in [2.05, 4.69) is 31.5 Å². The Hall–Kier alpha value is -1.11. The van der Waals surface area contributed by atoms with E-state index in [0.29, 0.717) is 5.56 Å². The molecule has 98 valence electrons. The van der Waals surface area contributed by atoms with E-state index in [-0.39, 0.29) is 5.82 Å². The van der Waals surface area contributed by atoms with Crippen molar-refractivity contribution in [3.05, 3.63) is 35.1 Å². The Kier molecular flexibility index (Phi) is 4.36. The molecule has 0 spiro atoms. The molecule has 1 aromatic rings. The van der Waals surface area contributed by atoms with Crippen LogP contribution < -0.4 is 0 Å². The predicted octanol–water partition coefficient (Wildman–Crippen LogP) is 4.12. The van der Waals surface area contributed by atoms with Crippen molar-refractivity contribution in [1.29, 1.82) is 0 Å². The maximum Gasteiger partial charge on any atom is 0.185 e. The van der Waals surface area contributed by atoms with Crippen molar-refractivity contribution in [2.75, 3.05) is 0 Å². The van der Waals surface area contributed by atoms with Crippen molar-refractivity contribution in [1.82, 2.24) is 0 Å². The van der Waals surface area contributed by atoms with Crippen LogP contribution >= 0.6 is 0 Å². The Morgan fingerprint density at radius 1 is 1.22 bits per heavy atom. The van der Waals surface area contributed by atoms with Gasteiger partial charge in [-0.3, -0.25) is 0 Å². The van der Waals surface area contributed by atoms with Crippen LogP contribution in [0.3, 0.4) is 0 Å². The van der Waals surface area contributed by atoms with Gasteiger partial charge < -0.3 is 4.43 Å². The summed E-state index contributed by atoms with van der Waals surface area (Å²) in [5.74, 6) is 5.98. The van der Waals surface area contributed by atoms with Gasteiger partial charge in [-0.2, -0.15) is 0 Å². The van der Waals surface area contributed by atoms with Gasteiger partial charge in [0, 0.05) is 5.56 Å². The van der Waals surface area contributed by atoms with Crippen LogP contribution in [0.1, 0.15) is 25.0 Å². The third kappa shape index (κ3) is 5.03. The summed E-state index contributed by atoms with van der Waals surface area (Å²) in [6, 6.07) is 4.90. The molecule has 0 aliphatic rings. The summed E-state index contributed by atoms with van der Waals surface area (Å²) >= 11 is 0. The molecule has 0 bridgehead atoms. The Balaban J connectivity index is 2.90. The summed E-state index contributed by atoms with van der Waals surface area (Å²) in [7, 11) is -1.61. The van der Waals surface area contributed by atoms with Crippen LogP contribution in [0.2, 0.25) is 19.6 Å². The number of halogens is 1. The molecule has 18 heavy (non-hydrogen) atoms. The molecular weight excluding hydrogens is 243 g/mol. The van der Waals surface area contributed by atoms with Gasteiger partial charge in [0.25, 0.3) is 0 Å². The minimum absolute atomic E-state index is 0.196. The quantitative estimate of drug-likeness (QED) is 0.577. The molecule has 0 amide bonds. The fraction of sp³-hybridized carbons (Fsp3) is 0.467. The molecule has 0 aliphatic heterocycles. The van der Waals surface area contributed by atoms with E-state index in [0.717, 1.165) is 5.56 Å². The fourth-order valence-electron chi connectivity index (χ4n) is 1.74. The van der Waals surface area contributed by atoms with Gasteiger partial charge in [-0.05, 0) is 64.2 Å². The molecule has 0 heterocycles. The van der Waals surface area contributed by atoms with Crippen LogP contribution in [0, 0.1) is 24.6 Å². The maximum atomic E-state index is 13.1. The summed E-state index contributed by atoms with van der Waals surface area (Å²) in [5.41, 5.74) is 0.971. The van der Waals surface area contributed by atoms with E-state index < -0.39 is 13.9 Å². The molecule has 3 heteroatoms. The Morgan fingerprint density at radius 2 is 1.83 bits per heavy atom. The van der Waals surface area contributed by atoms with Gasteiger partial charge in [-0.15, -0.1) is 0 Å². The summed E-state index contributed by atoms with van der Waals surface area (Å²) in [5, 5.41) is 0. The average molecular weight is 264 g/mol. The first-order valence-corrected chi connectivity index (χ1v) is 9.49. The van der Waals surface area contributed by atoms with Crippen molar-refractivity contribution in [3.63, 3.8) is 0 Å². The van der Waals surface area contributed by atoms with Crippen molar-refractivity contribution >= 4 is 8.32 Å². The summed E-state index contributed by atoms with van der Waals surface area (Å²) in [6.45, 7) is 12.1. The molecule has 1 aromatic carbocycles. The van der Waals surface area contributed by atoms with E-state index >= 15 is 0 Å². The van der Waals surface area contributed by atoms with Crippen LogP contribution in [-0.2, 0) is 4.43 Å². The van der Waals surface area contributed by atoms with E-state index in [1.807, 2.05) is 13.8 Å². The Bertz CT molecular complexity index is 489. The average Bonchev–Trinajstić information content (AvgIpc) is 2.16. The molecule has 1 rings (SSSR count). The topological polar surface area (TPSA) is 9.23 Å². The third-order valence-corrected chi connectivity index (χ3v) is 3.35. The standard InChI is InChI=1S/C15H21FOSi/c1-12-11-13(7-8-14(12)16)9-10-15(2,3)17-18(4,5)6/h7-8,11H,1-6H3. The zero-order valence-corrected chi connectivity index (χ0v) is 13.0. The highest BCUT2D eigenvalue weighted by atomic mass is 28.4. The molecule has 1 nitrogen and oxygen atoms in total. The highest BCUT2D eigenvalue weighted by Crippen LogP contribution is 2.16. The van der Waals surface area contributed by atoms with Gasteiger partial charge >= 0.3 is 0 Å². The fourth-order valence-corrected chi connectivity index (χ4v) is 3.32. The number of hydrogen-bond acceptors (Lipinski definition) is 1. The second kappa shape index (κ2) is 5.25. The molecule has 0 aliphatic carbocycles. The second-order valence-electron chi connectivity index (χ2n) is 5.94. The van der Waals surface area contributed by atoms with Gasteiger partial charge in [-0.25, -0.2) is 4.39 Å². The molecule has 0 saturated carbocycles. The first kappa shape index (κ1) is 14.9. The van der Waals surface area contributed by atoms with Crippen LogP contribution in [-0.4, -0.2) is 13.9 Å². The lowest BCUT2D eigenvalue weighted by molar-refractivity contribution is 0.164. The molecule has 0 unspecified atom stereocenters. The van der Waals surface area contributed by atoms with Crippen LogP contribution in [0.25, 0.3) is 0 Å². The van der Waals surface area contributed by atoms with Gasteiger partial charge in [0.2, 0.25) is 0 Å². The second-order valence-corrected chi connectivity index (χ2v) is 10.4. The Labute approximate surface area is 110 Å². The molecule has 0 aromatic heterocycles. The van der Waals surface area contributed by atoms with E-state index in [4.69, 9.17) is 4.43 Å². The minimum atomic E-state index is -1.61. The van der Waals surface area contributed by atoms with Gasteiger partial charge in [0.15, 0.2) is 8.32 Å². The van der Waals surface area contributed by atoms with Gasteiger partial charge in [-0.1, -0.05) is 11.8 Å². The molecule has 0 radical (unpaired) electrons. The lowest BCUT2D eigenvalue weighted by atomic mass is 10.1. The van der Waals surface area contributed by atoms with Crippen molar-refractivity contribution < 1.29 is 8.82 Å². The smallest absolute Gasteiger partial charge is 0.185 e. The molecule has 0 atom stereocenters. The summed E-state index contributed by atoms with van der Waals surface area (Å²) in [6.07, 6.45) is 0. The first-order valence-electron chi connectivity index (χ1n) is 6.09. The van der Waals surface area contributed by atoms with E-state index in [9.17, 15) is 4.39 Å². The van der Waals surface area contributed by atoms with Crippen molar-refractivity contribution in [3.8, 4) is 11.8 Å². The zero-order valence-electron chi connectivity index (χ0n) is 12.0. The summed E-state index contributed by atoms with van der Waals surface area (Å²) < 4.78 is 19.1. The Morgan fingerprint density at radius 3 is 2.33 bits per heavy atom. The van der Waals surface area contributed by atoms with Crippen LogP contribution in [0.4, 0.5) is 4.39 Å². The number of aryl methyl sites for hydroxylation is 1. The predicted molar refractivity (Wildman–Crippen MR) is 76.5 cm³/mol. The third-order valence-electron chi connectivity index (χ3n) is 2.23. The highest BCUT2D eigenvalue weighted by molar-refractivity contribution is 6.69. The summed E-state index contributed by atoms with van der Waals surface area (Å²) in [4.78, 5) is 0. The van der Waals surface area contributed by atoms with Crippen LogP contribution in [0.15, 0.2) is 18.2 Å².